The number of ether oxygens (including phenoxy) is 3. The second-order valence-electron chi connectivity index (χ2n) is 6.33. The Morgan fingerprint density at radius 2 is 1.88 bits per heavy atom. The van der Waals surface area contributed by atoms with E-state index in [1.165, 1.54) is 0 Å². The second-order valence-corrected chi connectivity index (χ2v) is 6.33. The van der Waals surface area contributed by atoms with E-state index in [-0.39, 0.29) is 18.7 Å². The summed E-state index contributed by atoms with van der Waals surface area (Å²) >= 11 is 0. The van der Waals surface area contributed by atoms with E-state index in [1.807, 2.05) is 23.1 Å². The number of hydrogen-bond donors (Lipinski definition) is 1. The number of amides is 1. The molecule has 1 unspecified atom stereocenters. The molecule has 128 valence electrons. The molecule has 24 heavy (non-hydrogen) atoms. The lowest BCUT2D eigenvalue weighted by atomic mass is 10.0. The minimum atomic E-state index is -1.00. The van der Waals surface area contributed by atoms with Crippen LogP contribution in [0.5, 0.6) is 11.5 Å². The summed E-state index contributed by atoms with van der Waals surface area (Å²) in [6.07, 6.45) is 1.11. The molecular formula is C17H19NO6. The van der Waals surface area contributed by atoms with Gasteiger partial charge in [0.05, 0.1) is 6.04 Å². The minimum Gasteiger partial charge on any atom is -0.479 e. The molecule has 2 fully saturated rings. The molecule has 7 heteroatoms. The van der Waals surface area contributed by atoms with E-state index in [1.54, 1.807) is 0 Å². The standard InChI is InChI=1S/C17H19NO6/c19-16(13-5-6-14(24-13)17(20)21)18-7-1-2-11(18)10-3-4-12-15(8-10)23-9-22-12/h3-4,8,11,13-14H,1-2,5-7,9H2,(H,20,21)/t11?,13-,14+/m0/s1. The fourth-order valence-electron chi connectivity index (χ4n) is 3.68. The Bertz CT molecular complexity index is 675. The molecule has 7 nitrogen and oxygen atoms in total. The van der Waals surface area contributed by atoms with Crippen LogP contribution in [-0.4, -0.2) is 47.4 Å². The summed E-state index contributed by atoms with van der Waals surface area (Å²) in [6, 6.07) is 5.72. The molecule has 2 saturated heterocycles. The number of aliphatic carboxylic acids is 1. The molecule has 3 aliphatic heterocycles. The maximum Gasteiger partial charge on any atom is 0.332 e. The number of benzene rings is 1. The zero-order chi connectivity index (χ0) is 16.7. The van der Waals surface area contributed by atoms with Crippen molar-refractivity contribution in [3.63, 3.8) is 0 Å². The number of hydrogen-bond acceptors (Lipinski definition) is 5. The lowest BCUT2D eigenvalue weighted by Gasteiger charge is -2.27. The third-order valence-corrected chi connectivity index (χ3v) is 4.89. The van der Waals surface area contributed by atoms with Gasteiger partial charge >= 0.3 is 5.97 Å². The normalized spacial score (nSPS) is 28.3. The first-order valence-electron chi connectivity index (χ1n) is 8.22. The molecule has 1 aromatic carbocycles. The fourth-order valence-corrected chi connectivity index (χ4v) is 3.68. The predicted molar refractivity (Wildman–Crippen MR) is 81.8 cm³/mol. The van der Waals surface area contributed by atoms with Crippen molar-refractivity contribution >= 4 is 11.9 Å². The van der Waals surface area contributed by atoms with E-state index in [9.17, 15) is 9.59 Å². The van der Waals surface area contributed by atoms with Crippen LogP contribution in [0.15, 0.2) is 18.2 Å². The summed E-state index contributed by atoms with van der Waals surface area (Å²) in [5.41, 5.74) is 1.01. The van der Waals surface area contributed by atoms with Crippen LogP contribution in [0.4, 0.5) is 0 Å². The van der Waals surface area contributed by atoms with E-state index >= 15 is 0 Å². The predicted octanol–water partition coefficient (Wildman–Crippen LogP) is 1.71. The summed E-state index contributed by atoms with van der Waals surface area (Å²) < 4.78 is 16.2. The highest BCUT2D eigenvalue weighted by atomic mass is 16.7. The number of carbonyl (C=O) groups is 2. The van der Waals surface area contributed by atoms with Crippen molar-refractivity contribution in [2.45, 2.75) is 43.9 Å². The van der Waals surface area contributed by atoms with Crippen LogP contribution >= 0.6 is 0 Å². The van der Waals surface area contributed by atoms with Gasteiger partial charge in [-0.2, -0.15) is 0 Å². The number of fused-ring (bicyclic) bond motifs is 1. The van der Waals surface area contributed by atoms with Crippen LogP contribution in [0.25, 0.3) is 0 Å². The Labute approximate surface area is 139 Å². The molecule has 1 N–H and O–H groups in total. The van der Waals surface area contributed by atoms with Crippen molar-refractivity contribution in [3.8, 4) is 11.5 Å². The third kappa shape index (κ3) is 2.58. The lowest BCUT2D eigenvalue weighted by molar-refractivity contribution is -0.155. The topological polar surface area (TPSA) is 85.3 Å². The zero-order valence-electron chi connectivity index (χ0n) is 13.1. The molecule has 4 rings (SSSR count). The molecule has 3 atom stereocenters. The minimum absolute atomic E-state index is 0.0283. The van der Waals surface area contributed by atoms with E-state index in [0.29, 0.717) is 25.1 Å². The van der Waals surface area contributed by atoms with E-state index in [2.05, 4.69) is 0 Å². The number of rotatable bonds is 3. The first-order chi connectivity index (χ1) is 11.6. The van der Waals surface area contributed by atoms with Crippen molar-refractivity contribution < 1.29 is 28.9 Å². The Hall–Kier alpha value is -2.28. The van der Waals surface area contributed by atoms with Gasteiger partial charge in [-0.05, 0) is 43.4 Å². The number of likely N-dealkylation sites (tertiary alicyclic amines) is 1. The first kappa shape index (κ1) is 15.3. The molecule has 3 heterocycles. The number of carbonyl (C=O) groups excluding carboxylic acids is 1. The highest BCUT2D eigenvalue weighted by molar-refractivity contribution is 5.83. The van der Waals surface area contributed by atoms with Crippen LogP contribution in [-0.2, 0) is 14.3 Å². The summed E-state index contributed by atoms with van der Waals surface area (Å²) in [7, 11) is 0. The molecular weight excluding hydrogens is 314 g/mol. The van der Waals surface area contributed by atoms with Gasteiger partial charge in [-0.25, -0.2) is 4.79 Å². The molecule has 0 bridgehead atoms. The molecule has 0 spiro atoms. The smallest absolute Gasteiger partial charge is 0.332 e. The highest BCUT2D eigenvalue weighted by Crippen LogP contribution is 2.39. The lowest BCUT2D eigenvalue weighted by Crippen LogP contribution is -2.39. The van der Waals surface area contributed by atoms with Gasteiger partial charge in [-0.3, -0.25) is 4.79 Å². The summed E-state index contributed by atoms with van der Waals surface area (Å²) in [6.45, 7) is 0.883. The first-order valence-corrected chi connectivity index (χ1v) is 8.22. The van der Waals surface area contributed by atoms with Crippen molar-refractivity contribution in [3.05, 3.63) is 23.8 Å². The van der Waals surface area contributed by atoms with Crippen LogP contribution in [0, 0.1) is 0 Å². The average Bonchev–Trinajstić information content (AvgIpc) is 3.31. The van der Waals surface area contributed by atoms with Gasteiger partial charge in [0.15, 0.2) is 17.6 Å². The molecule has 0 radical (unpaired) electrons. The molecule has 0 saturated carbocycles. The third-order valence-electron chi connectivity index (χ3n) is 4.89. The van der Waals surface area contributed by atoms with E-state index in [4.69, 9.17) is 19.3 Å². The van der Waals surface area contributed by atoms with Gasteiger partial charge < -0.3 is 24.2 Å². The molecule has 1 amide bonds. The Morgan fingerprint density at radius 3 is 2.67 bits per heavy atom. The molecule has 3 aliphatic rings. The molecule has 0 aliphatic carbocycles. The van der Waals surface area contributed by atoms with Crippen molar-refractivity contribution in [2.24, 2.45) is 0 Å². The van der Waals surface area contributed by atoms with Gasteiger partial charge in [0, 0.05) is 6.54 Å². The van der Waals surface area contributed by atoms with Crippen molar-refractivity contribution in [2.75, 3.05) is 13.3 Å². The number of carboxylic acid groups (broad SMARTS) is 1. The van der Waals surface area contributed by atoms with Crippen LogP contribution in [0.3, 0.4) is 0 Å². The van der Waals surface area contributed by atoms with Crippen molar-refractivity contribution in [1.29, 1.82) is 0 Å². The number of carboxylic acids is 1. The Balaban J connectivity index is 1.51. The van der Waals surface area contributed by atoms with E-state index in [0.717, 1.165) is 24.2 Å². The highest BCUT2D eigenvalue weighted by Gasteiger charge is 2.40. The Morgan fingerprint density at radius 1 is 1.08 bits per heavy atom. The maximum absolute atomic E-state index is 12.8. The largest absolute Gasteiger partial charge is 0.479 e. The van der Waals surface area contributed by atoms with Crippen LogP contribution in [0.1, 0.15) is 37.3 Å². The summed E-state index contributed by atoms with van der Waals surface area (Å²) in [5.74, 6) is 0.311. The molecule has 0 aromatic heterocycles. The number of nitrogens with zero attached hydrogens (tertiary/aromatic N) is 1. The monoisotopic (exact) mass is 333 g/mol. The molecule has 1 aromatic rings. The zero-order valence-corrected chi connectivity index (χ0v) is 13.1. The van der Waals surface area contributed by atoms with Crippen LogP contribution < -0.4 is 9.47 Å². The van der Waals surface area contributed by atoms with Gasteiger partial charge in [0.1, 0.15) is 6.10 Å². The van der Waals surface area contributed by atoms with E-state index < -0.39 is 18.2 Å². The average molecular weight is 333 g/mol. The Kier molecular flexibility index (Phi) is 3.80. The summed E-state index contributed by atoms with van der Waals surface area (Å²) in [5, 5.41) is 9.02. The summed E-state index contributed by atoms with van der Waals surface area (Å²) in [4.78, 5) is 25.6. The van der Waals surface area contributed by atoms with Gasteiger partial charge in [0.25, 0.3) is 5.91 Å². The second kappa shape index (κ2) is 5.98. The van der Waals surface area contributed by atoms with Gasteiger partial charge in [-0.1, -0.05) is 6.07 Å². The SMILES string of the molecule is O=C(O)[C@H]1CC[C@@H](C(=O)N2CCCC2c2ccc3c(c2)OCO3)O1. The van der Waals surface area contributed by atoms with Crippen LogP contribution in [0.2, 0.25) is 0 Å². The van der Waals surface area contributed by atoms with Crippen molar-refractivity contribution in [1.82, 2.24) is 4.90 Å². The van der Waals surface area contributed by atoms with Gasteiger partial charge in [-0.15, -0.1) is 0 Å². The fraction of sp³-hybridized carbons (Fsp3) is 0.529. The maximum atomic E-state index is 12.8. The van der Waals surface area contributed by atoms with Gasteiger partial charge in [0.2, 0.25) is 6.79 Å². The quantitative estimate of drug-likeness (QED) is 0.906.